The highest BCUT2D eigenvalue weighted by Crippen LogP contribution is 2.13. The van der Waals surface area contributed by atoms with E-state index in [-0.39, 0.29) is 18.9 Å². The lowest BCUT2D eigenvalue weighted by Gasteiger charge is -2.06. The molecule has 0 spiro atoms. The fraction of sp³-hybridized carbons (Fsp3) is 0.167. The average Bonchev–Trinajstić information content (AvgIpc) is 2.90. The van der Waals surface area contributed by atoms with E-state index in [0.717, 1.165) is 5.56 Å². The maximum atomic E-state index is 12.1. The minimum atomic E-state index is -0.468. The highest BCUT2D eigenvalue weighted by atomic mass is 16.4. The number of hydrogen-bond acceptors (Lipinski definition) is 4. The number of amides is 1. The number of aromatic nitrogens is 1. The smallest absolute Gasteiger partial charge is 0.408 e. The maximum Gasteiger partial charge on any atom is 0.419 e. The van der Waals surface area contributed by atoms with Crippen molar-refractivity contribution in [3.63, 3.8) is 0 Å². The normalized spacial score (nSPS) is 10.5. The van der Waals surface area contributed by atoms with Crippen molar-refractivity contribution in [2.24, 2.45) is 0 Å². The zero-order valence-electron chi connectivity index (χ0n) is 12.9. The molecule has 2 aromatic carbocycles. The van der Waals surface area contributed by atoms with Crippen molar-refractivity contribution >= 4 is 22.7 Å². The van der Waals surface area contributed by atoms with Crippen LogP contribution in [0.5, 0.6) is 0 Å². The number of aryl methyl sites for hydroxylation is 1. The van der Waals surface area contributed by atoms with Gasteiger partial charge in [-0.15, -0.1) is 0 Å². The lowest BCUT2D eigenvalue weighted by Crippen LogP contribution is -2.19. The van der Waals surface area contributed by atoms with Crippen LogP contribution >= 0.6 is 0 Å². The van der Waals surface area contributed by atoms with Crippen molar-refractivity contribution < 1.29 is 9.21 Å². The molecule has 1 amide bonds. The summed E-state index contributed by atoms with van der Waals surface area (Å²) in [6, 6.07) is 16.3. The second-order valence-electron chi connectivity index (χ2n) is 5.32. The molecule has 0 unspecified atom stereocenters. The number of fused-ring (bicyclic) bond motifs is 1. The van der Waals surface area contributed by atoms with E-state index < -0.39 is 5.76 Å². The molecule has 1 N–H and O–H groups in total. The largest absolute Gasteiger partial charge is 0.419 e. The Kier molecular flexibility index (Phi) is 4.43. The van der Waals surface area contributed by atoms with Gasteiger partial charge >= 0.3 is 5.76 Å². The van der Waals surface area contributed by atoms with Gasteiger partial charge < -0.3 is 9.73 Å². The third-order valence-electron chi connectivity index (χ3n) is 3.66. The first-order valence-electron chi connectivity index (χ1n) is 7.51. The monoisotopic (exact) mass is 321 g/mol. The van der Waals surface area contributed by atoms with Gasteiger partial charge in [-0.05, 0) is 29.8 Å². The lowest BCUT2D eigenvalue weighted by molar-refractivity contribution is -0.116. The number of nitrogens with zero attached hydrogens (tertiary/aromatic N) is 2. The molecule has 0 saturated heterocycles. The summed E-state index contributed by atoms with van der Waals surface area (Å²) >= 11 is 0. The van der Waals surface area contributed by atoms with Crippen LogP contribution in [-0.4, -0.2) is 10.5 Å². The Morgan fingerprint density at radius 2 is 1.92 bits per heavy atom. The first-order chi connectivity index (χ1) is 11.7. The van der Waals surface area contributed by atoms with Gasteiger partial charge in [0, 0.05) is 18.7 Å². The van der Waals surface area contributed by atoms with Crippen LogP contribution < -0.4 is 11.1 Å². The number of hydrogen-bond donors (Lipinski definition) is 1. The van der Waals surface area contributed by atoms with E-state index in [0.29, 0.717) is 23.2 Å². The van der Waals surface area contributed by atoms with Crippen molar-refractivity contribution in [2.45, 2.75) is 19.4 Å². The minimum absolute atomic E-state index is 0.156. The Morgan fingerprint density at radius 1 is 1.17 bits per heavy atom. The van der Waals surface area contributed by atoms with E-state index >= 15 is 0 Å². The van der Waals surface area contributed by atoms with Crippen LogP contribution in [-0.2, 0) is 17.8 Å². The van der Waals surface area contributed by atoms with Gasteiger partial charge in [-0.1, -0.05) is 24.3 Å². The number of nitrogens with one attached hydrogen (secondary N) is 1. The molecular weight excluding hydrogens is 306 g/mol. The summed E-state index contributed by atoms with van der Waals surface area (Å²) < 4.78 is 6.58. The minimum Gasteiger partial charge on any atom is -0.408 e. The molecule has 6 heteroatoms. The lowest BCUT2D eigenvalue weighted by atomic mass is 10.1. The second-order valence-corrected chi connectivity index (χ2v) is 5.32. The summed E-state index contributed by atoms with van der Waals surface area (Å²) in [4.78, 5) is 23.9. The third-order valence-corrected chi connectivity index (χ3v) is 3.66. The van der Waals surface area contributed by atoms with Crippen LogP contribution in [0.4, 0.5) is 5.69 Å². The van der Waals surface area contributed by atoms with Crippen LogP contribution in [0.15, 0.2) is 57.7 Å². The molecule has 0 atom stereocenters. The number of rotatable bonds is 5. The Morgan fingerprint density at radius 3 is 2.67 bits per heavy atom. The summed E-state index contributed by atoms with van der Waals surface area (Å²) in [6.45, 7) is 0.244. The molecule has 0 aliphatic heterocycles. The number of oxazole rings is 1. The average molecular weight is 321 g/mol. The first-order valence-corrected chi connectivity index (χ1v) is 7.51. The summed E-state index contributed by atoms with van der Waals surface area (Å²) in [5.41, 5.74) is 2.74. The standard InChI is InChI=1S/C18H15N3O3/c19-11-9-13-5-7-14(8-6-13)20-17(22)10-12-21-15-3-1-2-4-16(15)24-18(21)23/h1-8H,9-10,12H2,(H,20,22). The first kappa shape index (κ1) is 15.6. The van der Waals surface area contributed by atoms with Crippen LogP contribution in [0.3, 0.4) is 0 Å². The second kappa shape index (κ2) is 6.84. The zero-order valence-corrected chi connectivity index (χ0v) is 12.9. The van der Waals surface area contributed by atoms with Gasteiger partial charge in [-0.3, -0.25) is 9.36 Å². The van der Waals surface area contributed by atoms with Gasteiger partial charge in [0.2, 0.25) is 5.91 Å². The number of para-hydroxylation sites is 2. The highest BCUT2D eigenvalue weighted by Gasteiger charge is 2.10. The molecular formula is C18H15N3O3. The molecule has 0 aliphatic rings. The number of anilines is 1. The van der Waals surface area contributed by atoms with Gasteiger partial charge in [0.1, 0.15) is 0 Å². The van der Waals surface area contributed by atoms with E-state index in [9.17, 15) is 9.59 Å². The molecule has 24 heavy (non-hydrogen) atoms. The molecule has 6 nitrogen and oxygen atoms in total. The van der Waals surface area contributed by atoms with Gasteiger partial charge in [0.15, 0.2) is 5.58 Å². The Labute approximate surface area is 137 Å². The van der Waals surface area contributed by atoms with Crippen LogP contribution in [0.1, 0.15) is 12.0 Å². The van der Waals surface area contributed by atoms with E-state index in [4.69, 9.17) is 9.68 Å². The van der Waals surface area contributed by atoms with Crippen molar-refractivity contribution in [1.29, 1.82) is 5.26 Å². The number of carbonyl (C=O) groups excluding carboxylic acids is 1. The van der Waals surface area contributed by atoms with Crippen LogP contribution in [0.2, 0.25) is 0 Å². The van der Waals surface area contributed by atoms with Crippen LogP contribution in [0.25, 0.3) is 11.1 Å². The Hall–Kier alpha value is -3.33. The molecule has 3 rings (SSSR count). The molecule has 1 aromatic heterocycles. The summed E-state index contributed by atoms with van der Waals surface area (Å²) in [6.07, 6.45) is 0.494. The van der Waals surface area contributed by atoms with Crippen molar-refractivity contribution in [1.82, 2.24) is 4.57 Å². The fourth-order valence-electron chi connectivity index (χ4n) is 2.46. The maximum absolute atomic E-state index is 12.1. The molecule has 0 fully saturated rings. The van der Waals surface area contributed by atoms with Gasteiger partial charge in [0.05, 0.1) is 18.0 Å². The molecule has 0 saturated carbocycles. The highest BCUT2D eigenvalue weighted by molar-refractivity contribution is 5.90. The third kappa shape index (κ3) is 3.36. The topological polar surface area (TPSA) is 88.0 Å². The number of carbonyl (C=O) groups is 1. The van der Waals surface area contributed by atoms with E-state index in [2.05, 4.69) is 11.4 Å². The summed E-state index contributed by atoms with van der Waals surface area (Å²) in [5.74, 6) is -0.662. The van der Waals surface area contributed by atoms with E-state index in [1.54, 1.807) is 42.5 Å². The molecule has 0 bridgehead atoms. The zero-order chi connectivity index (χ0) is 16.9. The van der Waals surface area contributed by atoms with Crippen molar-refractivity contribution in [2.75, 3.05) is 5.32 Å². The van der Waals surface area contributed by atoms with Gasteiger partial charge in [0.25, 0.3) is 0 Å². The molecule has 0 radical (unpaired) electrons. The SMILES string of the molecule is N#CCc1ccc(NC(=O)CCn2c(=O)oc3ccccc32)cc1. The number of nitriles is 1. The predicted molar refractivity (Wildman–Crippen MR) is 89.5 cm³/mol. The van der Waals surface area contributed by atoms with E-state index in [1.165, 1.54) is 4.57 Å². The van der Waals surface area contributed by atoms with Crippen LogP contribution in [0, 0.1) is 11.3 Å². The molecule has 1 heterocycles. The summed E-state index contributed by atoms with van der Waals surface area (Å²) in [5, 5.41) is 11.4. The van der Waals surface area contributed by atoms with Gasteiger partial charge in [-0.25, -0.2) is 4.79 Å². The molecule has 0 aliphatic carbocycles. The number of benzene rings is 2. The summed E-state index contributed by atoms with van der Waals surface area (Å²) in [7, 11) is 0. The van der Waals surface area contributed by atoms with Crippen molar-refractivity contribution in [3.8, 4) is 6.07 Å². The predicted octanol–water partition coefficient (Wildman–Crippen LogP) is 2.69. The Bertz CT molecular complexity index is 962. The fourth-order valence-corrected chi connectivity index (χ4v) is 2.46. The quantitative estimate of drug-likeness (QED) is 0.782. The van der Waals surface area contributed by atoms with E-state index in [1.807, 2.05) is 6.07 Å². The molecule has 120 valence electrons. The van der Waals surface area contributed by atoms with Crippen molar-refractivity contribution in [3.05, 3.63) is 64.6 Å². The molecule has 3 aromatic rings. The van der Waals surface area contributed by atoms with Gasteiger partial charge in [-0.2, -0.15) is 5.26 Å². The Balaban J connectivity index is 1.64.